The maximum atomic E-state index is 12.4. The molecule has 0 amide bonds. The van der Waals surface area contributed by atoms with Crippen molar-refractivity contribution in [3.63, 3.8) is 0 Å². The molecule has 4 rings (SSSR count). The van der Waals surface area contributed by atoms with Crippen LogP contribution in [0.25, 0.3) is 11.0 Å². The first-order valence-electron chi connectivity index (χ1n) is 7.42. The molecular formula is C17H17ClO2. The molecule has 0 saturated heterocycles. The Morgan fingerprint density at radius 1 is 1.30 bits per heavy atom. The van der Waals surface area contributed by atoms with Crippen LogP contribution in [0.5, 0.6) is 0 Å². The van der Waals surface area contributed by atoms with Crippen molar-refractivity contribution < 1.29 is 9.21 Å². The SMILES string of the molecule is O=C(CC1CC2CCC1C2)c1cc2cccc(Cl)c2o1. The summed E-state index contributed by atoms with van der Waals surface area (Å²) in [5.41, 5.74) is 0.630. The fraction of sp³-hybridized carbons (Fsp3) is 0.471. The van der Waals surface area contributed by atoms with Crippen molar-refractivity contribution >= 4 is 28.4 Å². The highest BCUT2D eigenvalue weighted by molar-refractivity contribution is 6.34. The molecule has 20 heavy (non-hydrogen) atoms. The maximum Gasteiger partial charge on any atom is 0.198 e. The highest BCUT2D eigenvalue weighted by Gasteiger charge is 2.40. The van der Waals surface area contributed by atoms with Gasteiger partial charge >= 0.3 is 0 Å². The van der Waals surface area contributed by atoms with Gasteiger partial charge in [0.05, 0.1) is 5.02 Å². The third-order valence-electron chi connectivity index (χ3n) is 5.10. The predicted octanol–water partition coefficient (Wildman–Crippen LogP) is 5.10. The number of para-hydroxylation sites is 1. The van der Waals surface area contributed by atoms with E-state index < -0.39 is 0 Å². The van der Waals surface area contributed by atoms with Gasteiger partial charge in [0.25, 0.3) is 0 Å². The van der Waals surface area contributed by atoms with Gasteiger partial charge in [0.1, 0.15) is 0 Å². The van der Waals surface area contributed by atoms with E-state index in [0.29, 0.717) is 28.7 Å². The molecule has 0 N–H and O–H groups in total. The number of carbonyl (C=O) groups is 1. The lowest BCUT2D eigenvalue weighted by Gasteiger charge is -2.20. The van der Waals surface area contributed by atoms with E-state index in [1.807, 2.05) is 18.2 Å². The Hall–Kier alpha value is -1.28. The molecule has 3 atom stereocenters. The zero-order valence-electron chi connectivity index (χ0n) is 11.3. The molecule has 1 heterocycles. The number of halogens is 1. The summed E-state index contributed by atoms with van der Waals surface area (Å²) in [5, 5.41) is 1.48. The average Bonchev–Trinajstić information content (AvgIpc) is 3.12. The summed E-state index contributed by atoms with van der Waals surface area (Å²) in [5.74, 6) is 2.83. The lowest BCUT2D eigenvalue weighted by Crippen LogP contribution is -2.14. The van der Waals surface area contributed by atoms with Crippen LogP contribution in [0.2, 0.25) is 5.02 Å². The highest BCUT2D eigenvalue weighted by atomic mass is 35.5. The van der Waals surface area contributed by atoms with Gasteiger partial charge in [-0.1, -0.05) is 30.2 Å². The van der Waals surface area contributed by atoms with Crippen LogP contribution in [-0.4, -0.2) is 5.78 Å². The van der Waals surface area contributed by atoms with E-state index in [1.165, 1.54) is 25.7 Å². The number of hydrogen-bond acceptors (Lipinski definition) is 2. The third-order valence-corrected chi connectivity index (χ3v) is 5.40. The molecule has 3 heteroatoms. The molecule has 3 unspecified atom stereocenters. The standard InChI is InChI=1S/C17H17ClO2/c18-14-3-1-2-12-9-16(20-17(12)14)15(19)8-13-7-10-4-5-11(13)6-10/h1-3,9-11,13H,4-8H2. The largest absolute Gasteiger partial charge is 0.451 e. The van der Waals surface area contributed by atoms with Crippen molar-refractivity contribution in [1.82, 2.24) is 0 Å². The van der Waals surface area contributed by atoms with Crippen LogP contribution < -0.4 is 0 Å². The Bertz CT molecular complexity index is 673. The topological polar surface area (TPSA) is 30.2 Å². The fourth-order valence-electron chi connectivity index (χ4n) is 4.13. The molecule has 2 aliphatic carbocycles. The van der Waals surface area contributed by atoms with Crippen molar-refractivity contribution in [2.75, 3.05) is 0 Å². The summed E-state index contributed by atoms with van der Waals surface area (Å²) in [6.07, 6.45) is 5.89. The number of rotatable bonds is 3. The van der Waals surface area contributed by atoms with E-state index in [1.54, 1.807) is 6.07 Å². The van der Waals surface area contributed by atoms with Crippen LogP contribution >= 0.6 is 11.6 Å². The van der Waals surface area contributed by atoms with Gasteiger partial charge in [0.15, 0.2) is 17.1 Å². The first-order valence-corrected chi connectivity index (χ1v) is 7.80. The molecule has 2 fully saturated rings. The van der Waals surface area contributed by atoms with E-state index in [-0.39, 0.29) is 5.78 Å². The normalized spacial score (nSPS) is 28.4. The fourth-order valence-corrected chi connectivity index (χ4v) is 4.35. The monoisotopic (exact) mass is 288 g/mol. The number of carbonyl (C=O) groups excluding carboxylic acids is 1. The van der Waals surface area contributed by atoms with Gasteiger partial charge in [-0.3, -0.25) is 4.79 Å². The third kappa shape index (κ3) is 1.98. The summed E-state index contributed by atoms with van der Waals surface area (Å²) < 4.78 is 5.67. The van der Waals surface area contributed by atoms with E-state index in [9.17, 15) is 4.79 Å². The second-order valence-corrected chi connectivity index (χ2v) is 6.74. The van der Waals surface area contributed by atoms with Gasteiger partial charge in [-0.05, 0) is 49.1 Å². The number of fused-ring (bicyclic) bond motifs is 3. The molecule has 2 bridgehead atoms. The van der Waals surface area contributed by atoms with E-state index in [2.05, 4.69) is 0 Å². The minimum Gasteiger partial charge on any atom is -0.451 e. The Labute approximate surface area is 123 Å². The van der Waals surface area contributed by atoms with Crippen LogP contribution in [0, 0.1) is 17.8 Å². The number of hydrogen-bond donors (Lipinski definition) is 0. The summed E-state index contributed by atoms with van der Waals surface area (Å²) in [4.78, 5) is 12.4. The first-order chi connectivity index (χ1) is 9.70. The summed E-state index contributed by atoms with van der Waals surface area (Å²) in [6.45, 7) is 0. The van der Waals surface area contributed by atoms with Gasteiger partial charge in [-0.2, -0.15) is 0 Å². The molecule has 2 nitrogen and oxygen atoms in total. The van der Waals surface area contributed by atoms with Gasteiger partial charge in [0, 0.05) is 11.8 Å². The Morgan fingerprint density at radius 2 is 2.20 bits per heavy atom. The van der Waals surface area contributed by atoms with Crippen molar-refractivity contribution in [1.29, 1.82) is 0 Å². The molecule has 2 aromatic rings. The smallest absolute Gasteiger partial charge is 0.198 e. The average molecular weight is 289 g/mol. The molecule has 2 saturated carbocycles. The van der Waals surface area contributed by atoms with Gasteiger partial charge in [0.2, 0.25) is 0 Å². The molecule has 104 valence electrons. The lowest BCUT2D eigenvalue weighted by atomic mass is 9.85. The maximum absolute atomic E-state index is 12.4. The summed E-state index contributed by atoms with van der Waals surface area (Å²) >= 11 is 6.09. The van der Waals surface area contributed by atoms with Crippen LogP contribution in [0.1, 0.15) is 42.7 Å². The number of ketones is 1. The van der Waals surface area contributed by atoms with Crippen LogP contribution in [0.3, 0.4) is 0 Å². The van der Waals surface area contributed by atoms with Crippen molar-refractivity contribution in [3.8, 4) is 0 Å². The number of furan rings is 1. The molecule has 0 aliphatic heterocycles. The van der Waals surface area contributed by atoms with E-state index in [4.69, 9.17) is 16.0 Å². The van der Waals surface area contributed by atoms with Crippen LogP contribution in [0.15, 0.2) is 28.7 Å². The quantitative estimate of drug-likeness (QED) is 0.736. The lowest BCUT2D eigenvalue weighted by molar-refractivity contribution is 0.0919. The second-order valence-electron chi connectivity index (χ2n) is 6.33. The minimum absolute atomic E-state index is 0.134. The van der Waals surface area contributed by atoms with Crippen LogP contribution in [0.4, 0.5) is 0 Å². The zero-order valence-corrected chi connectivity index (χ0v) is 12.0. The van der Waals surface area contributed by atoms with E-state index >= 15 is 0 Å². The van der Waals surface area contributed by atoms with Crippen molar-refractivity contribution in [3.05, 3.63) is 35.0 Å². The number of benzene rings is 1. The Balaban J connectivity index is 1.56. The van der Waals surface area contributed by atoms with Gasteiger partial charge in [-0.25, -0.2) is 0 Å². The summed E-state index contributed by atoms with van der Waals surface area (Å²) in [7, 11) is 0. The molecule has 1 aromatic carbocycles. The molecule has 0 spiro atoms. The molecule has 2 aliphatic rings. The first kappa shape index (κ1) is 12.5. The molecular weight excluding hydrogens is 272 g/mol. The summed E-state index contributed by atoms with van der Waals surface area (Å²) in [6, 6.07) is 7.43. The highest BCUT2D eigenvalue weighted by Crippen LogP contribution is 2.49. The van der Waals surface area contributed by atoms with Crippen molar-refractivity contribution in [2.45, 2.75) is 32.1 Å². The Kier molecular flexibility index (Phi) is 2.88. The Morgan fingerprint density at radius 3 is 2.90 bits per heavy atom. The second kappa shape index (κ2) is 4.63. The van der Waals surface area contributed by atoms with Crippen molar-refractivity contribution in [2.24, 2.45) is 17.8 Å². The predicted molar refractivity (Wildman–Crippen MR) is 79.1 cm³/mol. The molecule has 0 radical (unpaired) electrons. The van der Waals surface area contributed by atoms with E-state index in [0.717, 1.165) is 17.2 Å². The van der Waals surface area contributed by atoms with Crippen LogP contribution in [-0.2, 0) is 0 Å². The van der Waals surface area contributed by atoms with Gasteiger partial charge < -0.3 is 4.42 Å². The molecule has 1 aromatic heterocycles. The number of Topliss-reactive ketones (excluding diaryl/α,β-unsaturated/α-hetero) is 1. The van der Waals surface area contributed by atoms with Gasteiger partial charge in [-0.15, -0.1) is 0 Å². The minimum atomic E-state index is 0.134. The zero-order chi connectivity index (χ0) is 13.7.